The molecule has 2 saturated carbocycles. The molecule has 3 N–H and O–H groups in total. The fourth-order valence-electron chi connectivity index (χ4n) is 8.90. The van der Waals surface area contributed by atoms with E-state index < -0.39 is 98.8 Å². The van der Waals surface area contributed by atoms with E-state index in [4.69, 9.17) is 9.47 Å². The Hall–Kier alpha value is -4.81. The normalized spacial score (nSPS) is 30.4. The van der Waals surface area contributed by atoms with Crippen molar-refractivity contribution in [2.75, 3.05) is 32.3 Å². The molecule has 2 aromatic rings. The van der Waals surface area contributed by atoms with Crippen LogP contribution in [0.15, 0.2) is 36.4 Å². The van der Waals surface area contributed by atoms with Gasteiger partial charge in [-0.2, -0.15) is 13.8 Å². The molecule has 8 atom stereocenters. The number of carbonyl (C=O) groups excluding carboxylic acids is 3. The Labute approximate surface area is 360 Å². The van der Waals surface area contributed by atoms with Crippen LogP contribution in [0, 0.1) is 17.8 Å². The molecule has 0 spiro atoms. The molecule has 1 aromatic carbocycles. The van der Waals surface area contributed by atoms with E-state index in [0.29, 0.717) is 41.7 Å². The lowest BCUT2D eigenvalue weighted by atomic mass is 9.86. The van der Waals surface area contributed by atoms with Crippen molar-refractivity contribution in [3.8, 4) is 11.6 Å². The molecular weight excluding hydrogens is 834 g/mol. The first-order valence-electron chi connectivity index (χ1n) is 21.3. The molecule has 62 heavy (non-hydrogen) atoms. The van der Waals surface area contributed by atoms with E-state index in [1.54, 1.807) is 69.1 Å². The maximum atomic E-state index is 17.9. The van der Waals surface area contributed by atoms with Crippen LogP contribution in [0.5, 0.6) is 11.6 Å². The molecule has 1 aromatic heterocycles. The van der Waals surface area contributed by atoms with Crippen LogP contribution in [0.2, 0.25) is 0 Å². The summed E-state index contributed by atoms with van der Waals surface area (Å²) in [6.07, 6.45) is 2.44. The Morgan fingerprint density at radius 1 is 1.15 bits per heavy atom. The fraction of sp³-hybridized carbons (Fsp3) is 0.651. The van der Waals surface area contributed by atoms with Gasteiger partial charge in [-0.05, 0) is 107 Å². The van der Waals surface area contributed by atoms with E-state index in [0.717, 1.165) is 11.8 Å². The van der Waals surface area contributed by atoms with Crippen LogP contribution in [-0.2, 0) is 24.4 Å². The van der Waals surface area contributed by atoms with Crippen LogP contribution in [-0.4, -0.2) is 120 Å². The van der Waals surface area contributed by atoms with E-state index in [1.165, 1.54) is 7.11 Å². The molecule has 1 saturated heterocycles. The number of carbonyl (C=O) groups is 4. The predicted molar refractivity (Wildman–Crippen MR) is 225 cm³/mol. The van der Waals surface area contributed by atoms with Crippen LogP contribution in [0.25, 0.3) is 10.8 Å². The van der Waals surface area contributed by atoms with Crippen molar-refractivity contribution >= 4 is 50.4 Å². The van der Waals surface area contributed by atoms with Gasteiger partial charge >= 0.3 is 12.1 Å². The number of allylic oxidation sites excluding steroid dienone is 1. The van der Waals surface area contributed by atoms with Gasteiger partial charge in [0.05, 0.1) is 7.11 Å². The molecule has 3 heterocycles. The summed E-state index contributed by atoms with van der Waals surface area (Å²) in [6, 6.07) is -2.31. The number of ether oxygens (including phenoxy) is 2. The summed E-state index contributed by atoms with van der Waals surface area (Å²) in [5.41, 5.74) is -4.67. The van der Waals surface area contributed by atoms with Crippen LogP contribution >= 0.6 is 0 Å². The molecule has 342 valence electrons. The van der Waals surface area contributed by atoms with E-state index in [-0.39, 0.29) is 48.8 Å². The van der Waals surface area contributed by atoms with Gasteiger partial charge in [0.15, 0.2) is 5.60 Å². The molecule has 2 aliphatic heterocycles. The summed E-state index contributed by atoms with van der Waals surface area (Å²) in [5, 5.41) is 14.0. The zero-order valence-corrected chi connectivity index (χ0v) is 37.4. The summed E-state index contributed by atoms with van der Waals surface area (Å²) in [7, 11) is -1.33. The number of hydrogen-bond donors (Lipinski definition) is 3. The van der Waals surface area contributed by atoms with Crippen LogP contribution in [0.4, 0.5) is 23.8 Å². The molecule has 15 nitrogen and oxygen atoms in total. The number of nitrogens with one attached hydrogen (secondary N) is 2. The number of aromatic nitrogens is 1. The number of pyridine rings is 1. The number of methoxy groups -OCH3 is 1. The number of hydrogen-bond acceptors (Lipinski definition) is 10. The van der Waals surface area contributed by atoms with E-state index in [9.17, 15) is 32.3 Å². The largest absolute Gasteiger partial charge is 0.497 e. The average Bonchev–Trinajstić information content (AvgIpc) is 4.14. The number of alkyl halides is 3. The molecule has 4 amide bonds. The lowest BCUT2D eigenvalue weighted by Gasteiger charge is -2.42. The van der Waals surface area contributed by atoms with Crippen molar-refractivity contribution < 1.29 is 55.3 Å². The van der Waals surface area contributed by atoms with E-state index in [1.807, 2.05) is 18.6 Å². The van der Waals surface area contributed by atoms with Gasteiger partial charge in [-0.25, -0.2) is 17.6 Å². The summed E-state index contributed by atoms with van der Waals surface area (Å²) in [5.74, 6) is -4.85. The summed E-state index contributed by atoms with van der Waals surface area (Å²) in [4.78, 5) is 64.5. The SMILES string of the molecule is CCC(C)N(C(=O)O)[C@@H]1C(=O)N2[C@@H](C[C@@](C)(Oc3nc(N(C)CC)cc4cc(OC)ccc34)C2(F)F)C(=O)N[C@]2(C(=O)NS(=O)(=O)C3(CF)CC3)C[C@H]2/C=C\CC[C@@H](C)C[C@H]1C. The second kappa shape index (κ2) is 17.1. The third-order valence-electron chi connectivity index (χ3n) is 13.5. The van der Waals surface area contributed by atoms with Gasteiger partial charge in [0.25, 0.3) is 11.8 Å². The zero-order valence-electron chi connectivity index (χ0n) is 36.5. The number of amides is 4. The highest BCUT2D eigenvalue weighted by atomic mass is 32.2. The third kappa shape index (κ3) is 8.25. The third-order valence-corrected chi connectivity index (χ3v) is 15.6. The van der Waals surface area contributed by atoms with Gasteiger partial charge in [0.1, 0.15) is 40.6 Å². The van der Waals surface area contributed by atoms with Crippen molar-refractivity contribution in [3.63, 3.8) is 0 Å². The Morgan fingerprint density at radius 2 is 1.84 bits per heavy atom. The van der Waals surface area contributed by atoms with E-state index in [2.05, 4.69) is 10.3 Å². The zero-order chi connectivity index (χ0) is 45.7. The van der Waals surface area contributed by atoms with Crippen molar-refractivity contribution in [1.82, 2.24) is 24.8 Å². The fourth-order valence-corrected chi connectivity index (χ4v) is 10.3. The maximum Gasteiger partial charge on any atom is 0.408 e. The molecule has 1 unspecified atom stereocenters. The maximum absolute atomic E-state index is 17.9. The number of fused-ring (bicyclic) bond motifs is 3. The summed E-state index contributed by atoms with van der Waals surface area (Å²) < 4.78 is 88.2. The quantitative estimate of drug-likeness (QED) is 0.167. The first kappa shape index (κ1) is 46.7. The number of nitrogens with zero attached hydrogens (tertiary/aromatic N) is 4. The van der Waals surface area contributed by atoms with Gasteiger partial charge in [-0.15, -0.1) is 0 Å². The van der Waals surface area contributed by atoms with Crippen molar-refractivity contribution in [2.24, 2.45) is 17.8 Å². The number of rotatable bonds is 12. The van der Waals surface area contributed by atoms with Crippen molar-refractivity contribution in [1.29, 1.82) is 0 Å². The van der Waals surface area contributed by atoms with Crippen molar-refractivity contribution in [2.45, 2.75) is 133 Å². The monoisotopic (exact) mass is 892 g/mol. The molecular formula is C43H59F3N6O9S. The van der Waals surface area contributed by atoms with Gasteiger partial charge in [-0.1, -0.05) is 32.9 Å². The number of anilines is 1. The molecule has 4 aliphatic rings. The highest BCUT2D eigenvalue weighted by Crippen LogP contribution is 2.52. The number of sulfonamides is 1. The summed E-state index contributed by atoms with van der Waals surface area (Å²) >= 11 is 0. The molecule has 2 aliphatic carbocycles. The molecule has 19 heteroatoms. The molecule has 0 radical (unpaired) electrons. The minimum atomic E-state index is -4.56. The Kier molecular flexibility index (Phi) is 12.8. The van der Waals surface area contributed by atoms with Gasteiger partial charge < -0.3 is 24.8 Å². The van der Waals surface area contributed by atoms with Crippen LogP contribution < -0.4 is 24.4 Å². The van der Waals surface area contributed by atoms with Crippen LogP contribution in [0.3, 0.4) is 0 Å². The predicted octanol–water partition coefficient (Wildman–Crippen LogP) is 6.01. The molecule has 3 fully saturated rings. The number of halogens is 3. The second-order valence-electron chi connectivity index (χ2n) is 17.9. The summed E-state index contributed by atoms with van der Waals surface area (Å²) in [6.45, 7) is 8.96. The first-order valence-corrected chi connectivity index (χ1v) is 22.8. The molecule has 6 rings (SSSR count). The minimum absolute atomic E-state index is 0.0152. The Morgan fingerprint density at radius 3 is 2.44 bits per heavy atom. The highest BCUT2D eigenvalue weighted by molar-refractivity contribution is 7.91. The van der Waals surface area contributed by atoms with Gasteiger partial charge in [-0.3, -0.25) is 28.9 Å². The highest BCUT2D eigenvalue weighted by Gasteiger charge is 2.71. The number of benzene rings is 1. The topological polar surface area (TPSA) is 188 Å². The minimum Gasteiger partial charge on any atom is -0.497 e. The number of carboxylic acid groups (broad SMARTS) is 1. The van der Waals surface area contributed by atoms with E-state index >= 15 is 13.6 Å². The van der Waals surface area contributed by atoms with Crippen LogP contribution in [0.1, 0.15) is 92.9 Å². The first-order chi connectivity index (χ1) is 29.1. The molecule has 0 bridgehead atoms. The van der Waals surface area contributed by atoms with Gasteiger partial charge in [0, 0.05) is 37.4 Å². The lowest BCUT2D eigenvalue weighted by Crippen LogP contribution is -2.64. The average molecular weight is 893 g/mol. The smallest absolute Gasteiger partial charge is 0.408 e. The lowest BCUT2D eigenvalue weighted by molar-refractivity contribution is -0.219. The van der Waals surface area contributed by atoms with Gasteiger partial charge in [0.2, 0.25) is 21.8 Å². The Balaban J connectivity index is 1.50. The van der Waals surface area contributed by atoms with Crippen molar-refractivity contribution in [3.05, 3.63) is 36.4 Å². The standard InChI is InChI=1S/C43H59F3N6O9S/c1-9-27(5)51(39(56)57)34-26(4)19-25(3)13-11-12-14-29-22-42(29,38(55)49-62(58,59)41(24-44)17-18-41)48-35(53)32-23-40(6,43(45,46)52(32)37(34)54)61-36-31-16-15-30(60-8)20-28(31)21-33(47-36)50(7)10-2/h12,14-16,20-21,25-27,29,32,34H,9-11,13,17-19,22-24H2,1-8H3,(H,48,53)(H,49,55)(H,56,57)/b14-12-/t25-,26-,27?,29-,32+,34+,40-,42-/m1/s1. The Bertz CT molecular complexity index is 2230. The second-order valence-corrected chi connectivity index (χ2v) is 20.0.